The molecule has 0 unspecified atom stereocenters. The third-order valence-electron chi connectivity index (χ3n) is 22.7. The molecule has 0 spiro atoms. The fourth-order valence-electron chi connectivity index (χ4n) is 16.6. The second kappa shape index (κ2) is 36.4. The average molecular weight is 2080 g/mol. The van der Waals surface area contributed by atoms with Crippen LogP contribution in [-0.2, 0) is 42.1 Å². The van der Waals surface area contributed by atoms with Crippen LogP contribution in [0, 0.1) is 24.3 Å². The molecule has 24 rings (SSSR count). The van der Waals surface area contributed by atoms with Gasteiger partial charge in [-0.15, -0.1) is 131 Å². The van der Waals surface area contributed by atoms with E-state index in [2.05, 4.69) is 161 Å². The first-order chi connectivity index (χ1) is 64.4. The Morgan fingerprint density at radius 1 is 0.265 bits per heavy atom. The van der Waals surface area contributed by atoms with E-state index < -0.39 is 0 Å². The molecule has 0 saturated heterocycles. The van der Waals surface area contributed by atoms with Crippen molar-refractivity contribution >= 4 is 111 Å². The second-order valence-electron chi connectivity index (χ2n) is 30.9. The fourth-order valence-corrected chi connectivity index (χ4v) is 17.6. The minimum Gasteiger partial charge on any atom is -0.440 e. The van der Waals surface area contributed by atoms with Crippen LogP contribution in [0.5, 0.6) is 0 Å². The Hall–Kier alpha value is -16.4. The summed E-state index contributed by atoms with van der Waals surface area (Å²) in [6, 6.07) is 145. The molecule has 20 heteroatoms. The van der Waals surface area contributed by atoms with Crippen LogP contribution in [0.25, 0.3) is 190 Å². The van der Waals surface area contributed by atoms with Gasteiger partial charge in [-0.25, -0.2) is 19.9 Å². The van der Waals surface area contributed by atoms with Crippen molar-refractivity contribution in [3.05, 3.63) is 437 Å². The van der Waals surface area contributed by atoms with Crippen molar-refractivity contribution in [1.29, 1.82) is 0 Å². The summed E-state index contributed by atoms with van der Waals surface area (Å²) in [4.78, 5) is 64.9. The summed E-state index contributed by atoms with van der Waals surface area (Å²) in [5.41, 5.74) is 22.8. The summed E-state index contributed by atoms with van der Waals surface area (Å²) in [6.07, 6.45) is 7.20. The van der Waals surface area contributed by atoms with Crippen LogP contribution >= 0.6 is 11.3 Å². The van der Waals surface area contributed by atoms with Crippen LogP contribution in [0.1, 0.15) is 0 Å². The molecule has 0 aliphatic rings. The summed E-state index contributed by atoms with van der Waals surface area (Å²) in [6.45, 7) is 0. The van der Waals surface area contributed by atoms with Crippen molar-refractivity contribution in [1.82, 2.24) is 68.9 Å². The van der Waals surface area contributed by atoms with E-state index in [9.17, 15) is 0 Å². The Morgan fingerprint density at radius 2 is 0.621 bits per heavy atom. The van der Waals surface area contributed by atoms with Gasteiger partial charge in [0.05, 0.1) is 49.1 Å². The van der Waals surface area contributed by atoms with Crippen LogP contribution in [-0.4, -0.2) is 68.9 Å². The third kappa shape index (κ3) is 16.3. The van der Waals surface area contributed by atoms with Crippen LogP contribution in [0.2, 0.25) is 0 Å². The van der Waals surface area contributed by atoms with Gasteiger partial charge in [-0.05, 0) is 148 Å². The molecule has 132 heavy (non-hydrogen) atoms. The molecule has 17 nitrogen and oxygen atoms in total. The average Bonchev–Trinajstić information content (AvgIpc) is 1.58. The van der Waals surface area contributed by atoms with Crippen LogP contribution in [0.3, 0.4) is 0 Å². The molecule has 24 aromatic rings. The number of anilines is 6. The molecule has 0 saturated carbocycles. The summed E-state index contributed by atoms with van der Waals surface area (Å²) < 4.78 is 11.1. The number of aromatic nitrogens is 14. The summed E-state index contributed by atoms with van der Waals surface area (Å²) >= 11 is 1.70. The number of pyridine rings is 6. The largest absolute Gasteiger partial charge is 2.00 e. The van der Waals surface area contributed by atoms with Gasteiger partial charge in [0.1, 0.15) is 5.76 Å². The monoisotopic (exact) mass is 2070 g/mol. The van der Waals surface area contributed by atoms with Crippen molar-refractivity contribution in [3.63, 3.8) is 0 Å². The Balaban J connectivity index is 0.000000157. The Kier molecular flexibility index (Phi) is 22.8. The van der Waals surface area contributed by atoms with Crippen molar-refractivity contribution in [2.24, 2.45) is 0 Å². The number of fused-ring (bicyclic) bond motifs is 8. The molecular formula is C112H68N16OPt2S. The number of para-hydroxylation sites is 2. The van der Waals surface area contributed by atoms with Gasteiger partial charge in [-0.1, -0.05) is 212 Å². The first-order valence-corrected chi connectivity index (χ1v) is 43.2. The molecule has 0 amide bonds. The molecule has 12 aromatic heterocycles. The molecule has 0 bridgehead atoms. The quantitative estimate of drug-likeness (QED) is 0.0739. The predicted octanol–water partition coefficient (Wildman–Crippen LogP) is 27.1. The second-order valence-corrected chi connectivity index (χ2v) is 31.9. The van der Waals surface area contributed by atoms with Gasteiger partial charge in [0.15, 0.2) is 23.3 Å². The molecule has 0 aliphatic carbocycles. The zero-order valence-electron chi connectivity index (χ0n) is 69.9. The minimum absolute atomic E-state index is 0. The normalized spacial score (nSPS) is 11.2. The predicted molar refractivity (Wildman–Crippen MR) is 519 cm³/mol. The van der Waals surface area contributed by atoms with E-state index in [0.29, 0.717) is 46.8 Å². The number of nitrogens with zero attached hydrogens (tertiary/aromatic N) is 16. The zero-order valence-corrected chi connectivity index (χ0v) is 75.2. The smallest absolute Gasteiger partial charge is 0.440 e. The van der Waals surface area contributed by atoms with Gasteiger partial charge in [-0.2, -0.15) is 19.9 Å². The van der Waals surface area contributed by atoms with E-state index in [-0.39, 0.29) is 42.1 Å². The van der Waals surface area contributed by atoms with E-state index in [1.54, 1.807) is 23.7 Å². The molecule has 0 radical (unpaired) electrons. The van der Waals surface area contributed by atoms with Gasteiger partial charge in [0.25, 0.3) is 0 Å². The molecule has 0 atom stereocenters. The Labute approximate surface area is 791 Å². The molecular weight excluding hydrogens is 2010 g/mol. The maximum absolute atomic E-state index is 6.88. The van der Waals surface area contributed by atoms with E-state index in [1.807, 2.05) is 302 Å². The van der Waals surface area contributed by atoms with Crippen molar-refractivity contribution in [2.75, 3.05) is 9.80 Å². The van der Waals surface area contributed by atoms with Gasteiger partial charge in [0.2, 0.25) is 17.8 Å². The van der Waals surface area contributed by atoms with E-state index >= 15 is 0 Å². The first-order valence-electron chi connectivity index (χ1n) is 42.4. The fraction of sp³-hybridized carbons (Fsp3) is 0. The number of hydrogen-bond acceptors (Lipinski definition) is 16. The van der Waals surface area contributed by atoms with Crippen molar-refractivity contribution < 1.29 is 46.5 Å². The van der Waals surface area contributed by atoms with Gasteiger partial charge >= 0.3 is 42.1 Å². The topological polar surface area (TPSA) is 184 Å². The van der Waals surface area contributed by atoms with E-state index in [4.69, 9.17) is 44.3 Å². The van der Waals surface area contributed by atoms with Gasteiger partial charge in [-0.3, -0.25) is 9.13 Å². The number of benzene rings is 12. The van der Waals surface area contributed by atoms with Crippen molar-refractivity contribution in [3.8, 4) is 124 Å². The summed E-state index contributed by atoms with van der Waals surface area (Å²) in [5, 5.41) is 4.95. The molecule has 0 fully saturated rings. The summed E-state index contributed by atoms with van der Waals surface area (Å²) in [5.74, 6) is 4.61. The van der Waals surface area contributed by atoms with Crippen molar-refractivity contribution in [2.45, 2.75) is 0 Å². The zero-order chi connectivity index (χ0) is 86.2. The van der Waals surface area contributed by atoms with E-state index in [1.165, 1.54) is 0 Å². The number of thiophene rings is 1. The van der Waals surface area contributed by atoms with E-state index in [0.717, 1.165) is 177 Å². The van der Waals surface area contributed by atoms with Gasteiger partial charge in [0, 0.05) is 85.1 Å². The maximum Gasteiger partial charge on any atom is 2.00 e. The summed E-state index contributed by atoms with van der Waals surface area (Å²) in [7, 11) is 0. The molecule has 0 N–H and O–H groups in total. The molecule has 12 aromatic carbocycles. The van der Waals surface area contributed by atoms with Crippen LogP contribution < -0.4 is 9.80 Å². The SMILES string of the molecule is [Pt+2].[Pt+2].[c-]1c(-c2ccccn2)cccc1N(c1[c-]c(-c2ccccn2)ccc1)c1ccc(-c2ccc3c(c2)c2nc4ccccc4cc2n3-c2nc(-c3ccccc3)nc(-c3ccccc3)n2)o1.[c-]1c(-c2ccccn2)cccc1N(c1[c-]c(-c2ccccn2)ccc1)c1ccc(-c2ccc3c(c2)c2nc4ccccc4cc2n3-c2nc(-c3ccccc3)nc(-c3ccccc3)n2)s1. The third-order valence-corrected chi connectivity index (χ3v) is 23.8. The number of furan rings is 1. The number of hydrogen-bond donors (Lipinski definition) is 0. The molecule has 0 aliphatic heterocycles. The molecule has 12 heterocycles. The standard InChI is InChI=1S/C56H34N8O.C56H34N8S.2Pt/c2*1-3-15-37(16-4-1)54-60-55(38-17-5-2-6-18-38)62-56(61-54)64-49-28-27-42(35-45(49)53-50(64)36-41-19-7-8-26-48(41)59-53)51-29-30-52(65-51)63(43-22-13-20-39(33-43)46-24-9-11-31-57-46)44-23-14-21-40(34-44)47-25-10-12-32-58-47;;/h2*1-32,35-36H;;/q2*-2;2*+2. The number of rotatable bonds is 18. The first kappa shape index (κ1) is 82.6. The Bertz CT molecular complexity index is 7560. The Morgan fingerprint density at radius 3 is 1.01 bits per heavy atom. The maximum atomic E-state index is 6.88. The minimum atomic E-state index is 0. The molecule has 628 valence electrons. The van der Waals surface area contributed by atoms with Gasteiger partial charge < -0.3 is 34.2 Å². The van der Waals surface area contributed by atoms with Crippen LogP contribution in [0.15, 0.2) is 417 Å². The van der Waals surface area contributed by atoms with Crippen LogP contribution in [0.4, 0.5) is 33.6 Å².